The van der Waals surface area contributed by atoms with E-state index in [0.717, 1.165) is 4.90 Å². The van der Waals surface area contributed by atoms with Gasteiger partial charge in [-0.05, 0) is 55.5 Å². The first kappa shape index (κ1) is 23.3. The van der Waals surface area contributed by atoms with Gasteiger partial charge in [-0.15, -0.1) is 0 Å². The predicted molar refractivity (Wildman–Crippen MR) is 128 cm³/mol. The lowest BCUT2D eigenvalue weighted by molar-refractivity contribution is -0.120. The third-order valence-electron chi connectivity index (χ3n) is 4.77. The Labute approximate surface area is 201 Å². The minimum absolute atomic E-state index is 0.00938. The van der Waals surface area contributed by atoms with Crippen LogP contribution in [-0.2, 0) is 19.6 Å². The van der Waals surface area contributed by atoms with Gasteiger partial charge in [0.15, 0.2) is 0 Å². The molecule has 0 bridgehead atoms. The van der Waals surface area contributed by atoms with Gasteiger partial charge < -0.3 is 10.1 Å². The molecule has 3 aromatic rings. The van der Waals surface area contributed by atoms with E-state index in [2.05, 4.69) is 15.0 Å². The number of aromatic nitrogens is 1. The van der Waals surface area contributed by atoms with Crippen molar-refractivity contribution < 1.29 is 22.7 Å². The molecule has 2 heterocycles. The van der Waals surface area contributed by atoms with Gasteiger partial charge in [-0.25, -0.2) is 18.3 Å². The van der Waals surface area contributed by atoms with E-state index in [-0.39, 0.29) is 27.1 Å². The molecule has 2 aromatic carbocycles. The summed E-state index contributed by atoms with van der Waals surface area (Å²) >= 11 is 6.19. The molecule has 0 unspecified atom stereocenters. The number of carbonyl (C=O) groups is 2. The second-order valence-corrected chi connectivity index (χ2v) is 9.07. The van der Waals surface area contributed by atoms with E-state index in [0.29, 0.717) is 18.0 Å². The van der Waals surface area contributed by atoms with E-state index in [1.807, 2.05) is 0 Å². The van der Waals surface area contributed by atoms with E-state index in [1.165, 1.54) is 36.5 Å². The average Bonchev–Trinajstić information content (AvgIpc) is 3.03. The second kappa shape index (κ2) is 9.54. The number of para-hydroxylation sites is 2. The third-order valence-corrected chi connectivity index (χ3v) is 6.49. The van der Waals surface area contributed by atoms with Crippen LogP contribution in [-0.4, -0.2) is 31.8 Å². The number of carbonyl (C=O) groups excluding carboxylic acids is 2. The minimum Gasteiger partial charge on any atom is -0.492 e. The normalized spacial score (nSPS) is 13.9. The quantitative estimate of drug-likeness (QED) is 0.454. The summed E-state index contributed by atoms with van der Waals surface area (Å²) in [5.41, 5.74) is 0.516. The Morgan fingerprint density at radius 2 is 1.68 bits per heavy atom. The molecule has 34 heavy (non-hydrogen) atoms. The zero-order chi connectivity index (χ0) is 24.3. The van der Waals surface area contributed by atoms with E-state index >= 15 is 0 Å². The topological polar surface area (TPSA) is 118 Å². The van der Waals surface area contributed by atoms with Crippen LogP contribution < -0.4 is 19.7 Å². The zero-order valence-electron chi connectivity index (χ0n) is 17.9. The van der Waals surface area contributed by atoms with Crippen molar-refractivity contribution in [3.8, 4) is 5.75 Å². The molecule has 0 spiro atoms. The van der Waals surface area contributed by atoms with E-state index in [1.54, 1.807) is 43.3 Å². The standard InChI is InChI=1S/C23H19ClN4O5S/c1-2-33-18-8-4-3-7-17(18)28-22(29)20(24)21(23(28)30)26-15-10-12-16(13-11-15)34(31,32)27-19-9-5-6-14-25-19/h3-14,26H,2H2,1H3,(H,25,27). The smallest absolute Gasteiger partial charge is 0.283 e. The molecule has 11 heteroatoms. The molecule has 0 fully saturated rings. The lowest BCUT2D eigenvalue weighted by Gasteiger charge is -2.18. The van der Waals surface area contributed by atoms with Gasteiger partial charge in [-0.3, -0.25) is 14.3 Å². The Balaban J connectivity index is 1.54. The van der Waals surface area contributed by atoms with Crippen LogP contribution in [0.1, 0.15) is 6.92 Å². The summed E-state index contributed by atoms with van der Waals surface area (Å²) in [4.78, 5) is 30.7. The molecule has 1 aliphatic rings. The number of nitrogens with one attached hydrogen (secondary N) is 2. The van der Waals surface area contributed by atoms with Crippen LogP contribution >= 0.6 is 11.6 Å². The number of nitrogens with zero attached hydrogens (tertiary/aromatic N) is 2. The van der Waals surface area contributed by atoms with Crippen LogP contribution in [0.5, 0.6) is 5.75 Å². The van der Waals surface area contributed by atoms with Gasteiger partial charge in [0.2, 0.25) is 0 Å². The van der Waals surface area contributed by atoms with Crippen molar-refractivity contribution in [2.45, 2.75) is 11.8 Å². The van der Waals surface area contributed by atoms with Crippen molar-refractivity contribution in [1.82, 2.24) is 4.98 Å². The largest absolute Gasteiger partial charge is 0.492 e. The molecule has 2 amide bonds. The molecule has 4 rings (SSSR count). The number of rotatable bonds is 8. The molecular weight excluding hydrogens is 480 g/mol. The second-order valence-electron chi connectivity index (χ2n) is 7.01. The maximum atomic E-state index is 13.0. The van der Waals surface area contributed by atoms with Crippen molar-refractivity contribution in [2.75, 3.05) is 21.5 Å². The molecular formula is C23H19ClN4O5S. The fraction of sp³-hybridized carbons (Fsp3) is 0.0870. The van der Waals surface area contributed by atoms with Gasteiger partial charge in [-0.1, -0.05) is 29.8 Å². The first-order valence-electron chi connectivity index (χ1n) is 10.1. The van der Waals surface area contributed by atoms with Crippen LogP contribution in [0, 0.1) is 0 Å². The highest BCUT2D eigenvalue weighted by molar-refractivity contribution is 7.92. The molecule has 0 atom stereocenters. The summed E-state index contributed by atoms with van der Waals surface area (Å²) in [5, 5.41) is 2.53. The minimum atomic E-state index is -3.86. The Morgan fingerprint density at radius 3 is 2.35 bits per heavy atom. The molecule has 174 valence electrons. The number of anilines is 3. The first-order valence-corrected chi connectivity index (χ1v) is 12.0. The van der Waals surface area contributed by atoms with E-state index in [9.17, 15) is 18.0 Å². The van der Waals surface area contributed by atoms with Crippen molar-refractivity contribution in [1.29, 1.82) is 0 Å². The van der Waals surface area contributed by atoms with Gasteiger partial charge in [0.1, 0.15) is 22.3 Å². The monoisotopic (exact) mass is 498 g/mol. The van der Waals surface area contributed by atoms with Crippen LogP contribution in [0.15, 0.2) is 88.6 Å². The van der Waals surface area contributed by atoms with Gasteiger partial charge >= 0.3 is 0 Å². The first-order chi connectivity index (χ1) is 16.3. The summed E-state index contributed by atoms with van der Waals surface area (Å²) in [5.74, 6) is -0.799. The number of halogens is 1. The van der Waals surface area contributed by atoms with Gasteiger partial charge in [-0.2, -0.15) is 0 Å². The summed E-state index contributed by atoms with van der Waals surface area (Å²) in [6.45, 7) is 2.14. The highest BCUT2D eigenvalue weighted by Crippen LogP contribution is 2.35. The Kier molecular flexibility index (Phi) is 6.53. The lowest BCUT2D eigenvalue weighted by Crippen LogP contribution is -2.32. The maximum Gasteiger partial charge on any atom is 0.283 e. The fourth-order valence-corrected chi connectivity index (χ4v) is 4.45. The maximum absolute atomic E-state index is 13.0. The van der Waals surface area contributed by atoms with Gasteiger partial charge in [0.05, 0.1) is 17.2 Å². The number of benzene rings is 2. The number of ether oxygens (including phenoxy) is 1. The van der Waals surface area contributed by atoms with Crippen molar-refractivity contribution in [2.24, 2.45) is 0 Å². The average molecular weight is 499 g/mol. The molecule has 2 N–H and O–H groups in total. The summed E-state index contributed by atoms with van der Waals surface area (Å²) in [6, 6.07) is 17.1. The fourth-order valence-electron chi connectivity index (χ4n) is 3.23. The molecule has 0 aliphatic carbocycles. The zero-order valence-corrected chi connectivity index (χ0v) is 19.4. The van der Waals surface area contributed by atoms with Crippen LogP contribution in [0.3, 0.4) is 0 Å². The molecule has 0 radical (unpaired) electrons. The van der Waals surface area contributed by atoms with Crippen LogP contribution in [0.4, 0.5) is 17.2 Å². The summed E-state index contributed by atoms with van der Waals surface area (Å²) in [6.07, 6.45) is 1.47. The van der Waals surface area contributed by atoms with E-state index in [4.69, 9.17) is 16.3 Å². The Morgan fingerprint density at radius 1 is 0.971 bits per heavy atom. The highest BCUT2D eigenvalue weighted by atomic mass is 35.5. The number of hydrogen-bond acceptors (Lipinski definition) is 7. The Hall–Kier alpha value is -3.89. The van der Waals surface area contributed by atoms with Gasteiger partial charge in [0.25, 0.3) is 21.8 Å². The number of sulfonamides is 1. The van der Waals surface area contributed by atoms with Crippen molar-refractivity contribution in [3.63, 3.8) is 0 Å². The van der Waals surface area contributed by atoms with Gasteiger partial charge in [0, 0.05) is 11.9 Å². The molecule has 0 saturated carbocycles. The van der Waals surface area contributed by atoms with Crippen molar-refractivity contribution >= 4 is 50.6 Å². The van der Waals surface area contributed by atoms with Crippen LogP contribution in [0.2, 0.25) is 0 Å². The molecule has 0 saturated heterocycles. The van der Waals surface area contributed by atoms with E-state index < -0.39 is 21.8 Å². The number of amides is 2. The third kappa shape index (κ3) is 4.59. The number of hydrogen-bond donors (Lipinski definition) is 2. The highest BCUT2D eigenvalue weighted by Gasteiger charge is 2.40. The number of imide groups is 1. The molecule has 9 nitrogen and oxygen atoms in total. The lowest BCUT2D eigenvalue weighted by atomic mass is 10.2. The van der Waals surface area contributed by atoms with Crippen LogP contribution in [0.25, 0.3) is 0 Å². The molecule has 1 aromatic heterocycles. The summed E-state index contributed by atoms with van der Waals surface area (Å²) < 4.78 is 33.0. The van der Waals surface area contributed by atoms with Crippen molar-refractivity contribution in [3.05, 3.63) is 83.7 Å². The Bertz CT molecular complexity index is 1380. The summed E-state index contributed by atoms with van der Waals surface area (Å²) in [7, 11) is -3.86. The molecule has 1 aliphatic heterocycles. The number of pyridine rings is 1. The predicted octanol–water partition coefficient (Wildman–Crippen LogP) is 3.72. The SMILES string of the molecule is CCOc1ccccc1N1C(=O)C(Cl)=C(Nc2ccc(S(=O)(=O)Nc3ccccn3)cc2)C1=O.